The highest BCUT2D eigenvalue weighted by Gasteiger charge is 2.22. The molecule has 0 fully saturated rings. The summed E-state index contributed by atoms with van der Waals surface area (Å²) in [7, 11) is 0. The zero-order valence-electron chi connectivity index (χ0n) is 11.0. The van der Waals surface area contributed by atoms with Crippen molar-refractivity contribution in [1.29, 1.82) is 0 Å². The first kappa shape index (κ1) is 15.1. The molecule has 0 bridgehead atoms. The van der Waals surface area contributed by atoms with Crippen LogP contribution in [0.3, 0.4) is 0 Å². The maximum absolute atomic E-state index is 13.5. The van der Waals surface area contributed by atoms with Crippen molar-refractivity contribution in [3.05, 3.63) is 34.1 Å². The minimum absolute atomic E-state index is 0.0399. The first-order chi connectivity index (χ1) is 9.45. The summed E-state index contributed by atoms with van der Waals surface area (Å²) in [5.41, 5.74) is 6.31. The SMILES string of the molecule is CCC(C)C(N)c1nc(-c2ccc(F)c(F)c2Br)no1. The molecule has 0 aliphatic heterocycles. The Hall–Kier alpha value is -1.34. The molecule has 0 radical (unpaired) electrons. The van der Waals surface area contributed by atoms with Crippen LogP contribution in [0.1, 0.15) is 32.2 Å². The molecule has 20 heavy (non-hydrogen) atoms. The number of aromatic nitrogens is 2. The molecule has 0 spiro atoms. The number of nitrogens with zero attached hydrogens (tertiary/aromatic N) is 2. The number of rotatable bonds is 4. The van der Waals surface area contributed by atoms with Crippen LogP contribution in [0.4, 0.5) is 8.78 Å². The molecule has 0 aliphatic carbocycles. The van der Waals surface area contributed by atoms with Crippen molar-refractivity contribution in [2.24, 2.45) is 11.7 Å². The van der Waals surface area contributed by atoms with Gasteiger partial charge in [0.05, 0.1) is 10.5 Å². The molecule has 4 nitrogen and oxygen atoms in total. The van der Waals surface area contributed by atoms with Crippen LogP contribution in [0.2, 0.25) is 0 Å². The van der Waals surface area contributed by atoms with Gasteiger partial charge < -0.3 is 10.3 Å². The van der Waals surface area contributed by atoms with E-state index in [2.05, 4.69) is 26.1 Å². The van der Waals surface area contributed by atoms with Crippen molar-refractivity contribution in [3.63, 3.8) is 0 Å². The number of hydrogen-bond acceptors (Lipinski definition) is 4. The molecule has 0 saturated heterocycles. The monoisotopic (exact) mass is 345 g/mol. The number of nitrogens with two attached hydrogens (primary N) is 1. The third-order valence-corrected chi connectivity index (χ3v) is 4.04. The molecule has 0 amide bonds. The van der Waals surface area contributed by atoms with E-state index in [1.54, 1.807) is 0 Å². The highest BCUT2D eigenvalue weighted by Crippen LogP contribution is 2.31. The van der Waals surface area contributed by atoms with Crippen molar-refractivity contribution < 1.29 is 13.3 Å². The fourth-order valence-electron chi connectivity index (χ4n) is 1.68. The Bertz CT molecular complexity index is 618. The maximum Gasteiger partial charge on any atom is 0.244 e. The molecule has 1 aromatic heterocycles. The van der Waals surface area contributed by atoms with Crippen LogP contribution in [-0.4, -0.2) is 10.1 Å². The van der Waals surface area contributed by atoms with Gasteiger partial charge in [-0.25, -0.2) is 8.78 Å². The maximum atomic E-state index is 13.5. The third kappa shape index (κ3) is 2.73. The fourth-order valence-corrected chi connectivity index (χ4v) is 2.17. The van der Waals surface area contributed by atoms with Crippen LogP contribution >= 0.6 is 15.9 Å². The van der Waals surface area contributed by atoms with Crippen LogP contribution in [0.15, 0.2) is 21.1 Å². The van der Waals surface area contributed by atoms with E-state index >= 15 is 0 Å². The average Bonchev–Trinajstić information content (AvgIpc) is 2.92. The van der Waals surface area contributed by atoms with E-state index in [1.165, 1.54) is 6.07 Å². The largest absolute Gasteiger partial charge is 0.337 e. The lowest BCUT2D eigenvalue weighted by Gasteiger charge is -2.12. The van der Waals surface area contributed by atoms with E-state index in [-0.39, 0.29) is 28.1 Å². The normalized spacial score (nSPS) is 14.3. The smallest absolute Gasteiger partial charge is 0.244 e. The lowest BCUT2D eigenvalue weighted by molar-refractivity contribution is 0.312. The van der Waals surface area contributed by atoms with Gasteiger partial charge in [-0.1, -0.05) is 25.4 Å². The first-order valence-electron chi connectivity index (χ1n) is 6.18. The van der Waals surface area contributed by atoms with Crippen LogP contribution in [-0.2, 0) is 0 Å². The summed E-state index contributed by atoms with van der Waals surface area (Å²) in [6.07, 6.45) is 0.869. The summed E-state index contributed by atoms with van der Waals surface area (Å²) in [4.78, 5) is 4.16. The Balaban J connectivity index is 2.36. The summed E-state index contributed by atoms with van der Waals surface area (Å²) < 4.78 is 31.6. The van der Waals surface area contributed by atoms with Crippen molar-refractivity contribution in [2.75, 3.05) is 0 Å². The summed E-state index contributed by atoms with van der Waals surface area (Å²) in [5, 5.41) is 3.77. The van der Waals surface area contributed by atoms with Crippen LogP contribution in [0.25, 0.3) is 11.4 Å². The molecular weight excluding hydrogens is 332 g/mol. The zero-order chi connectivity index (χ0) is 14.9. The highest BCUT2D eigenvalue weighted by atomic mass is 79.9. The summed E-state index contributed by atoms with van der Waals surface area (Å²) in [6.45, 7) is 3.98. The van der Waals surface area contributed by atoms with Crippen molar-refractivity contribution in [3.8, 4) is 11.4 Å². The minimum atomic E-state index is -0.986. The first-order valence-corrected chi connectivity index (χ1v) is 6.98. The van der Waals surface area contributed by atoms with Gasteiger partial charge in [-0.2, -0.15) is 4.98 Å². The Labute approximate surface area is 123 Å². The second kappa shape index (κ2) is 5.97. The molecule has 108 valence electrons. The van der Waals surface area contributed by atoms with E-state index in [9.17, 15) is 8.78 Å². The predicted molar refractivity (Wildman–Crippen MR) is 73.7 cm³/mol. The molecule has 2 rings (SSSR count). The summed E-state index contributed by atoms with van der Waals surface area (Å²) >= 11 is 2.99. The van der Waals surface area contributed by atoms with Gasteiger partial charge in [-0.3, -0.25) is 0 Å². The Kier molecular flexibility index (Phi) is 4.49. The highest BCUT2D eigenvalue weighted by molar-refractivity contribution is 9.10. The van der Waals surface area contributed by atoms with Crippen LogP contribution in [0, 0.1) is 17.6 Å². The van der Waals surface area contributed by atoms with E-state index in [4.69, 9.17) is 10.3 Å². The Morgan fingerprint density at radius 3 is 2.75 bits per heavy atom. The lowest BCUT2D eigenvalue weighted by atomic mass is 10.0. The molecule has 0 saturated carbocycles. The van der Waals surface area contributed by atoms with Crippen molar-refractivity contribution >= 4 is 15.9 Å². The van der Waals surface area contributed by atoms with E-state index in [0.29, 0.717) is 5.56 Å². The van der Waals surface area contributed by atoms with Gasteiger partial charge in [0.1, 0.15) is 0 Å². The van der Waals surface area contributed by atoms with Gasteiger partial charge in [-0.15, -0.1) is 0 Å². The summed E-state index contributed by atoms with van der Waals surface area (Å²) in [5.74, 6) is -1.30. The van der Waals surface area contributed by atoms with E-state index < -0.39 is 11.6 Å². The molecule has 2 N–H and O–H groups in total. The molecule has 2 atom stereocenters. The average molecular weight is 346 g/mol. The Morgan fingerprint density at radius 1 is 1.40 bits per heavy atom. The second-order valence-electron chi connectivity index (χ2n) is 4.59. The van der Waals surface area contributed by atoms with Gasteiger partial charge in [0, 0.05) is 5.56 Å². The fraction of sp³-hybridized carbons (Fsp3) is 0.385. The second-order valence-corrected chi connectivity index (χ2v) is 5.38. The standard InChI is InChI=1S/C13H14BrF2N3O/c1-3-6(2)11(17)13-18-12(19-20-13)7-4-5-8(15)10(16)9(7)14/h4-6,11H,3,17H2,1-2H3. The van der Waals surface area contributed by atoms with Gasteiger partial charge in [0.15, 0.2) is 11.6 Å². The van der Waals surface area contributed by atoms with Gasteiger partial charge in [0.25, 0.3) is 0 Å². The topological polar surface area (TPSA) is 64.9 Å². The summed E-state index contributed by atoms with van der Waals surface area (Å²) in [6, 6.07) is 2.01. The lowest BCUT2D eigenvalue weighted by Crippen LogP contribution is -2.18. The quantitative estimate of drug-likeness (QED) is 0.855. The molecule has 2 unspecified atom stereocenters. The molecule has 2 aromatic rings. The number of halogens is 3. The minimum Gasteiger partial charge on any atom is -0.337 e. The number of hydrogen-bond donors (Lipinski definition) is 1. The van der Waals surface area contributed by atoms with E-state index in [1.807, 2.05) is 13.8 Å². The Morgan fingerprint density at radius 2 is 2.10 bits per heavy atom. The van der Waals surface area contributed by atoms with Gasteiger partial charge >= 0.3 is 0 Å². The van der Waals surface area contributed by atoms with Gasteiger partial charge in [0.2, 0.25) is 11.7 Å². The predicted octanol–water partition coefficient (Wildman–Crippen LogP) is 3.82. The zero-order valence-corrected chi connectivity index (χ0v) is 12.6. The van der Waals surface area contributed by atoms with Crippen LogP contribution in [0.5, 0.6) is 0 Å². The van der Waals surface area contributed by atoms with Crippen LogP contribution < -0.4 is 5.73 Å². The third-order valence-electron chi connectivity index (χ3n) is 3.26. The number of benzene rings is 1. The molecule has 1 aromatic carbocycles. The molecular formula is C13H14BrF2N3O. The van der Waals surface area contributed by atoms with Crippen molar-refractivity contribution in [1.82, 2.24) is 10.1 Å². The molecule has 0 aliphatic rings. The van der Waals surface area contributed by atoms with Crippen molar-refractivity contribution in [2.45, 2.75) is 26.3 Å². The molecule has 1 heterocycles. The van der Waals surface area contributed by atoms with E-state index in [0.717, 1.165) is 12.5 Å². The molecule has 7 heteroatoms. The van der Waals surface area contributed by atoms with Gasteiger partial charge in [-0.05, 0) is 34.0 Å².